The summed E-state index contributed by atoms with van der Waals surface area (Å²) in [6.07, 6.45) is 0.611. The molecule has 5 heteroatoms. The highest BCUT2D eigenvalue weighted by molar-refractivity contribution is 5.97. The smallest absolute Gasteiger partial charge is 0.410 e. The van der Waals surface area contributed by atoms with E-state index >= 15 is 0 Å². The van der Waals surface area contributed by atoms with Crippen LogP contribution in [0.25, 0.3) is 0 Å². The second-order valence-electron chi connectivity index (χ2n) is 7.86. The SMILES string of the molecule is CCc1c(C)cc(NCC2CN(C(=O)OC(C)(C)C)C2)cc1C(C)=O. The Balaban J connectivity index is 1.89. The lowest BCUT2D eigenvalue weighted by Crippen LogP contribution is -2.53. The van der Waals surface area contributed by atoms with E-state index in [1.54, 1.807) is 11.8 Å². The molecule has 0 spiro atoms. The van der Waals surface area contributed by atoms with Crippen molar-refractivity contribution in [1.82, 2.24) is 4.90 Å². The number of nitrogens with one attached hydrogen (secondary N) is 1. The summed E-state index contributed by atoms with van der Waals surface area (Å²) in [5, 5.41) is 3.41. The van der Waals surface area contributed by atoms with Gasteiger partial charge in [-0.25, -0.2) is 4.79 Å². The molecule has 1 aliphatic heterocycles. The second kappa shape index (κ2) is 7.46. The number of rotatable bonds is 5. The molecule has 1 heterocycles. The van der Waals surface area contributed by atoms with Gasteiger partial charge in [0.1, 0.15) is 5.60 Å². The van der Waals surface area contributed by atoms with Gasteiger partial charge in [0, 0.05) is 36.8 Å². The van der Waals surface area contributed by atoms with Crippen LogP contribution in [0, 0.1) is 12.8 Å². The van der Waals surface area contributed by atoms with Crippen LogP contribution in [0.15, 0.2) is 12.1 Å². The second-order valence-corrected chi connectivity index (χ2v) is 7.86. The van der Waals surface area contributed by atoms with Gasteiger partial charge in [0.25, 0.3) is 0 Å². The Morgan fingerprint density at radius 3 is 2.44 bits per heavy atom. The highest BCUT2D eigenvalue weighted by Crippen LogP contribution is 2.24. The number of Topliss-reactive ketones (excluding diaryl/α,β-unsaturated/α-hetero) is 1. The molecule has 0 saturated carbocycles. The van der Waals surface area contributed by atoms with Crippen molar-refractivity contribution in [3.63, 3.8) is 0 Å². The van der Waals surface area contributed by atoms with Gasteiger partial charge in [-0.2, -0.15) is 0 Å². The van der Waals surface area contributed by atoms with Crippen LogP contribution in [0.2, 0.25) is 0 Å². The molecule has 1 aromatic rings. The predicted molar refractivity (Wildman–Crippen MR) is 100 cm³/mol. The highest BCUT2D eigenvalue weighted by atomic mass is 16.6. The third kappa shape index (κ3) is 4.97. The first kappa shape index (κ1) is 19.3. The summed E-state index contributed by atoms with van der Waals surface area (Å²) in [7, 11) is 0. The quantitative estimate of drug-likeness (QED) is 0.818. The number of carbonyl (C=O) groups excluding carboxylic acids is 2. The van der Waals surface area contributed by atoms with Gasteiger partial charge < -0.3 is 15.0 Å². The average Bonchev–Trinajstić information content (AvgIpc) is 2.42. The van der Waals surface area contributed by atoms with Crippen LogP contribution in [-0.4, -0.2) is 42.0 Å². The minimum atomic E-state index is -0.456. The van der Waals surface area contributed by atoms with Gasteiger partial charge in [-0.05, 0) is 64.3 Å². The number of anilines is 1. The van der Waals surface area contributed by atoms with E-state index in [4.69, 9.17) is 4.74 Å². The van der Waals surface area contributed by atoms with Gasteiger partial charge in [-0.15, -0.1) is 0 Å². The van der Waals surface area contributed by atoms with E-state index in [2.05, 4.69) is 18.3 Å². The molecule has 5 nitrogen and oxygen atoms in total. The van der Waals surface area contributed by atoms with Gasteiger partial charge in [0.15, 0.2) is 5.78 Å². The standard InChI is InChI=1S/C20H30N2O3/c1-7-17-13(2)8-16(9-18(17)14(3)23)21-10-15-11-22(12-15)19(24)25-20(4,5)6/h8-9,15,21H,7,10-12H2,1-6H3. The van der Waals surface area contributed by atoms with Crippen molar-refractivity contribution in [2.45, 2.75) is 53.6 Å². The maximum atomic E-state index is 11.9. The average molecular weight is 346 g/mol. The lowest BCUT2D eigenvalue weighted by atomic mass is 9.96. The molecule has 0 bridgehead atoms. The fraction of sp³-hybridized carbons (Fsp3) is 0.600. The topological polar surface area (TPSA) is 58.6 Å². The molecular formula is C20H30N2O3. The molecule has 1 fully saturated rings. The summed E-state index contributed by atoms with van der Waals surface area (Å²) >= 11 is 0. The Labute approximate surface area is 150 Å². The summed E-state index contributed by atoms with van der Waals surface area (Å²) in [5.41, 5.74) is 3.58. The number of nitrogens with zero attached hydrogens (tertiary/aromatic N) is 1. The number of hydrogen-bond donors (Lipinski definition) is 1. The van der Waals surface area contributed by atoms with Gasteiger partial charge in [-0.1, -0.05) is 6.92 Å². The van der Waals surface area contributed by atoms with Crippen molar-refractivity contribution in [3.05, 3.63) is 28.8 Å². The van der Waals surface area contributed by atoms with Crippen molar-refractivity contribution in [3.8, 4) is 0 Å². The first-order valence-electron chi connectivity index (χ1n) is 8.97. The number of benzene rings is 1. The lowest BCUT2D eigenvalue weighted by molar-refractivity contribution is 0.000838. The van der Waals surface area contributed by atoms with Crippen LogP contribution >= 0.6 is 0 Å². The van der Waals surface area contributed by atoms with Gasteiger partial charge >= 0.3 is 6.09 Å². The van der Waals surface area contributed by atoms with E-state index in [0.29, 0.717) is 19.0 Å². The van der Waals surface area contributed by atoms with Crippen LogP contribution in [0.1, 0.15) is 56.1 Å². The Morgan fingerprint density at radius 1 is 1.28 bits per heavy atom. The molecule has 0 unspecified atom stereocenters. The molecule has 1 aliphatic rings. The third-order valence-electron chi connectivity index (χ3n) is 4.41. The Morgan fingerprint density at radius 2 is 1.92 bits per heavy atom. The molecule has 1 N–H and O–H groups in total. The van der Waals surface area contributed by atoms with Crippen LogP contribution in [0.4, 0.5) is 10.5 Å². The van der Waals surface area contributed by atoms with Gasteiger partial charge in [-0.3, -0.25) is 4.79 Å². The van der Waals surface area contributed by atoms with E-state index in [1.165, 1.54) is 0 Å². The zero-order valence-electron chi connectivity index (χ0n) is 16.2. The van der Waals surface area contributed by atoms with Crippen LogP contribution in [-0.2, 0) is 11.2 Å². The summed E-state index contributed by atoms with van der Waals surface area (Å²) in [6, 6.07) is 4.04. The summed E-state index contributed by atoms with van der Waals surface area (Å²) in [5.74, 6) is 0.503. The minimum Gasteiger partial charge on any atom is -0.444 e. The van der Waals surface area contributed by atoms with E-state index in [0.717, 1.165) is 35.3 Å². The number of ether oxygens (including phenoxy) is 1. The van der Waals surface area contributed by atoms with Crippen molar-refractivity contribution >= 4 is 17.6 Å². The summed E-state index contributed by atoms with van der Waals surface area (Å²) in [4.78, 5) is 25.5. The fourth-order valence-electron chi connectivity index (χ4n) is 3.14. The van der Waals surface area contributed by atoms with Crippen molar-refractivity contribution < 1.29 is 14.3 Å². The Bertz CT molecular complexity index is 656. The number of aryl methyl sites for hydroxylation is 1. The summed E-state index contributed by atoms with van der Waals surface area (Å²) < 4.78 is 5.37. The number of ketones is 1. The van der Waals surface area contributed by atoms with E-state index in [1.807, 2.05) is 33.8 Å². The maximum absolute atomic E-state index is 11.9. The highest BCUT2D eigenvalue weighted by Gasteiger charge is 2.33. The van der Waals surface area contributed by atoms with Crippen molar-refractivity contribution in [1.29, 1.82) is 0 Å². The zero-order valence-corrected chi connectivity index (χ0v) is 16.2. The van der Waals surface area contributed by atoms with Crippen LogP contribution in [0.5, 0.6) is 0 Å². The van der Waals surface area contributed by atoms with E-state index in [-0.39, 0.29) is 11.9 Å². The van der Waals surface area contributed by atoms with Crippen LogP contribution in [0.3, 0.4) is 0 Å². The molecule has 25 heavy (non-hydrogen) atoms. The minimum absolute atomic E-state index is 0.100. The number of hydrogen-bond acceptors (Lipinski definition) is 4. The molecule has 138 valence electrons. The Hall–Kier alpha value is -2.04. The maximum Gasteiger partial charge on any atom is 0.410 e. The molecule has 1 aromatic carbocycles. The van der Waals surface area contributed by atoms with Crippen LogP contribution < -0.4 is 5.32 Å². The molecule has 1 saturated heterocycles. The molecule has 0 radical (unpaired) electrons. The first-order chi connectivity index (χ1) is 11.6. The van der Waals surface area contributed by atoms with E-state index in [9.17, 15) is 9.59 Å². The van der Waals surface area contributed by atoms with Crippen molar-refractivity contribution in [2.75, 3.05) is 25.0 Å². The summed E-state index contributed by atoms with van der Waals surface area (Å²) in [6.45, 7) is 13.5. The van der Waals surface area contributed by atoms with Gasteiger partial charge in [0.05, 0.1) is 0 Å². The zero-order chi connectivity index (χ0) is 18.8. The Kier molecular flexibility index (Phi) is 5.76. The van der Waals surface area contributed by atoms with Gasteiger partial charge in [0.2, 0.25) is 0 Å². The van der Waals surface area contributed by atoms with E-state index < -0.39 is 5.60 Å². The number of likely N-dealkylation sites (tertiary alicyclic amines) is 1. The molecule has 0 aliphatic carbocycles. The monoisotopic (exact) mass is 346 g/mol. The molecule has 2 rings (SSSR count). The number of amides is 1. The third-order valence-corrected chi connectivity index (χ3v) is 4.41. The first-order valence-corrected chi connectivity index (χ1v) is 8.97. The normalized spacial score (nSPS) is 14.9. The number of carbonyl (C=O) groups is 2. The lowest BCUT2D eigenvalue weighted by Gasteiger charge is -2.40. The molecular weight excluding hydrogens is 316 g/mol. The predicted octanol–water partition coefficient (Wildman–Crippen LogP) is 4.04. The molecule has 0 atom stereocenters. The molecule has 1 amide bonds. The fourth-order valence-corrected chi connectivity index (χ4v) is 3.14. The largest absolute Gasteiger partial charge is 0.444 e. The molecule has 0 aromatic heterocycles. The van der Waals surface area contributed by atoms with Crippen molar-refractivity contribution in [2.24, 2.45) is 5.92 Å².